The molecular weight excluding hydrogens is 204 g/mol. The lowest BCUT2D eigenvalue weighted by atomic mass is 9.92. The zero-order chi connectivity index (χ0) is 11.6. The molecule has 0 saturated carbocycles. The maximum absolute atomic E-state index is 10.5. The van der Waals surface area contributed by atoms with Crippen LogP contribution >= 0.6 is 0 Å². The van der Waals surface area contributed by atoms with E-state index in [1.165, 1.54) is 0 Å². The van der Waals surface area contributed by atoms with Crippen molar-refractivity contribution in [2.75, 3.05) is 32.8 Å². The van der Waals surface area contributed by atoms with Gasteiger partial charge in [-0.05, 0) is 13.8 Å². The molecule has 0 aromatic rings. The zero-order valence-electron chi connectivity index (χ0n) is 10.4. The third-order valence-corrected chi connectivity index (χ3v) is 3.81. The molecule has 2 saturated heterocycles. The molecule has 0 spiro atoms. The third kappa shape index (κ3) is 2.94. The highest BCUT2D eigenvalue weighted by Gasteiger charge is 2.34. The molecule has 0 amide bonds. The summed E-state index contributed by atoms with van der Waals surface area (Å²) in [7, 11) is 0. The van der Waals surface area contributed by atoms with Gasteiger partial charge >= 0.3 is 0 Å². The number of piperazine rings is 1. The summed E-state index contributed by atoms with van der Waals surface area (Å²) >= 11 is 0. The quantitative estimate of drug-likeness (QED) is 0.709. The van der Waals surface area contributed by atoms with Crippen molar-refractivity contribution < 1.29 is 9.84 Å². The van der Waals surface area contributed by atoms with Crippen molar-refractivity contribution in [2.24, 2.45) is 0 Å². The Morgan fingerprint density at radius 1 is 1.38 bits per heavy atom. The van der Waals surface area contributed by atoms with Crippen LogP contribution in [0.5, 0.6) is 0 Å². The van der Waals surface area contributed by atoms with Gasteiger partial charge in [0, 0.05) is 57.8 Å². The van der Waals surface area contributed by atoms with Gasteiger partial charge in [0.2, 0.25) is 0 Å². The summed E-state index contributed by atoms with van der Waals surface area (Å²) in [6.45, 7) is 8.68. The first-order chi connectivity index (χ1) is 7.59. The van der Waals surface area contributed by atoms with Crippen molar-refractivity contribution in [1.82, 2.24) is 10.2 Å². The first-order valence-corrected chi connectivity index (χ1v) is 6.37. The van der Waals surface area contributed by atoms with Crippen LogP contribution in [0.1, 0.15) is 26.7 Å². The molecule has 2 atom stereocenters. The van der Waals surface area contributed by atoms with Crippen molar-refractivity contribution in [2.45, 2.75) is 44.4 Å². The van der Waals surface area contributed by atoms with Crippen LogP contribution in [0.3, 0.4) is 0 Å². The van der Waals surface area contributed by atoms with Crippen LogP contribution in [0, 0.1) is 0 Å². The Labute approximate surface area is 98.0 Å². The van der Waals surface area contributed by atoms with E-state index < -0.39 is 5.60 Å². The minimum absolute atomic E-state index is 0.517. The van der Waals surface area contributed by atoms with E-state index in [1.54, 1.807) is 0 Å². The predicted octanol–water partition coefficient (Wildman–Crippen LogP) is 0.210. The first-order valence-electron chi connectivity index (χ1n) is 6.37. The van der Waals surface area contributed by atoms with E-state index in [2.05, 4.69) is 24.1 Å². The fourth-order valence-corrected chi connectivity index (χ4v) is 2.60. The normalized spacial score (nSPS) is 36.2. The Bertz CT molecular complexity index is 229. The first kappa shape index (κ1) is 12.3. The molecule has 0 bridgehead atoms. The molecular formula is C12H24N2O2. The summed E-state index contributed by atoms with van der Waals surface area (Å²) in [4.78, 5) is 2.41. The lowest BCUT2D eigenvalue weighted by Crippen LogP contribution is -2.58. The molecule has 2 rings (SSSR count). The number of nitrogens with zero attached hydrogens (tertiary/aromatic N) is 1. The van der Waals surface area contributed by atoms with Crippen molar-refractivity contribution in [1.29, 1.82) is 0 Å². The molecule has 0 unspecified atom stereocenters. The van der Waals surface area contributed by atoms with Gasteiger partial charge in [-0.1, -0.05) is 0 Å². The standard InChI is InChI=1S/C12H24N2O2/c1-10-8-14(11(2)7-13-10)9-12(15)3-5-16-6-4-12/h10-11,13,15H,3-9H2,1-2H3/t10-,11+/m0/s1. The second-order valence-electron chi connectivity index (χ2n) is 5.42. The smallest absolute Gasteiger partial charge is 0.0818 e. The van der Waals surface area contributed by atoms with E-state index in [-0.39, 0.29) is 0 Å². The Balaban J connectivity index is 1.91. The number of hydrogen-bond acceptors (Lipinski definition) is 4. The van der Waals surface area contributed by atoms with Gasteiger partial charge in [0.15, 0.2) is 0 Å². The maximum atomic E-state index is 10.5. The van der Waals surface area contributed by atoms with Crippen LogP contribution in [-0.2, 0) is 4.74 Å². The molecule has 0 aromatic carbocycles. The van der Waals surface area contributed by atoms with Gasteiger partial charge in [-0.3, -0.25) is 4.90 Å². The molecule has 0 aromatic heterocycles. The lowest BCUT2D eigenvalue weighted by molar-refractivity contribution is -0.0877. The van der Waals surface area contributed by atoms with E-state index in [0.717, 1.165) is 32.5 Å². The molecule has 2 N–H and O–H groups in total. The fourth-order valence-electron chi connectivity index (χ4n) is 2.60. The van der Waals surface area contributed by atoms with Crippen molar-refractivity contribution >= 4 is 0 Å². The summed E-state index contributed by atoms with van der Waals surface area (Å²) in [6.07, 6.45) is 1.55. The predicted molar refractivity (Wildman–Crippen MR) is 63.5 cm³/mol. The summed E-state index contributed by atoms with van der Waals surface area (Å²) < 4.78 is 5.31. The Kier molecular flexibility index (Phi) is 3.85. The highest BCUT2D eigenvalue weighted by Crippen LogP contribution is 2.23. The van der Waals surface area contributed by atoms with Crippen LogP contribution < -0.4 is 5.32 Å². The minimum Gasteiger partial charge on any atom is -0.388 e. The van der Waals surface area contributed by atoms with E-state index in [0.29, 0.717) is 25.3 Å². The van der Waals surface area contributed by atoms with Crippen LogP contribution in [-0.4, -0.2) is 60.5 Å². The van der Waals surface area contributed by atoms with Crippen LogP contribution in [0.2, 0.25) is 0 Å². The van der Waals surface area contributed by atoms with Crippen LogP contribution in [0.25, 0.3) is 0 Å². The van der Waals surface area contributed by atoms with Gasteiger partial charge in [-0.15, -0.1) is 0 Å². The van der Waals surface area contributed by atoms with Crippen molar-refractivity contribution in [3.63, 3.8) is 0 Å². The van der Waals surface area contributed by atoms with Crippen molar-refractivity contribution in [3.05, 3.63) is 0 Å². The minimum atomic E-state index is -0.524. The van der Waals surface area contributed by atoms with E-state index in [4.69, 9.17) is 4.74 Å². The van der Waals surface area contributed by atoms with E-state index >= 15 is 0 Å². The molecule has 0 aliphatic carbocycles. The van der Waals surface area contributed by atoms with Crippen LogP contribution in [0.4, 0.5) is 0 Å². The van der Waals surface area contributed by atoms with Gasteiger partial charge < -0.3 is 15.2 Å². The Morgan fingerprint density at radius 2 is 2.06 bits per heavy atom. The number of nitrogens with one attached hydrogen (secondary N) is 1. The van der Waals surface area contributed by atoms with E-state index in [1.807, 2.05) is 0 Å². The molecule has 0 radical (unpaired) electrons. The fraction of sp³-hybridized carbons (Fsp3) is 1.00. The molecule has 2 fully saturated rings. The molecule has 94 valence electrons. The molecule has 2 aliphatic rings. The average Bonchev–Trinajstić information content (AvgIpc) is 2.24. The van der Waals surface area contributed by atoms with Crippen molar-refractivity contribution in [3.8, 4) is 0 Å². The van der Waals surface area contributed by atoms with Gasteiger partial charge in [0.1, 0.15) is 0 Å². The van der Waals surface area contributed by atoms with Gasteiger partial charge in [0.25, 0.3) is 0 Å². The summed E-state index contributed by atoms with van der Waals surface area (Å²) in [5.74, 6) is 0. The topological polar surface area (TPSA) is 44.7 Å². The number of β-amino-alcohol motifs (C(OH)–C–C–N with tert-alkyl or cyclic N) is 1. The SMILES string of the molecule is C[C@@H]1CN[C@@H](C)CN1CC1(O)CCOCC1. The zero-order valence-corrected chi connectivity index (χ0v) is 10.4. The number of aliphatic hydroxyl groups is 1. The highest BCUT2D eigenvalue weighted by molar-refractivity contribution is 4.90. The van der Waals surface area contributed by atoms with E-state index in [9.17, 15) is 5.11 Å². The van der Waals surface area contributed by atoms with Gasteiger partial charge in [-0.25, -0.2) is 0 Å². The monoisotopic (exact) mass is 228 g/mol. The third-order valence-electron chi connectivity index (χ3n) is 3.81. The Morgan fingerprint density at radius 3 is 2.75 bits per heavy atom. The average molecular weight is 228 g/mol. The summed E-state index contributed by atoms with van der Waals surface area (Å²) in [6, 6.07) is 1.04. The van der Waals surface area contributed by atoms with Gasteiger partial charge in [-0.2, -0.15) is 0 Å². The number of rotatable bonds is 2. The summed E-state index contributed by atoms with van der Waals surface area (Å²) in [5, 5.41) is 13.9. The molecule has 4 heteroatoms. The second kappa shape index (κ2) is 5.00. The molecule has 2 heterocycles. The Hall–Kier alpha value is -0.160. The second-order valence-corrected chi connectivity index (χ2v) is 5.42. The highest BCUT2D eigenvalue weighted by atomic mass is 16.5. The molecule has 16 heavy (non-hydrogen) atoms. The van der Waals surface area contributed by atoms with Gasteiger partial charge in [0.05, 0.1) is 5.60 Å². The number of hydrogen-bond donors (Lipinski definition) is 2. The largest absolute Gasteiger partial charge is 0.388 e. The maximum Gasteiger partial charge on any atom is 0.0818 e. The van der Waals surface area contributed by atoms with Crippen LogP contribution in [0.15, 0.2) is 0 Å². The molecule has 4 nitrogen and oxygen atoms in total. The molecule has 2 aliphatic heterocycles. The summed E-state index contributed by atoms with van der Waals surface area (Å²) in [5.41, 5.74) is -0.524. The lowest BCUT2D eigenvalue weighted by Gasteiger charge is -2.43. The number of ether oxygens (including phenoxy) is 1.